The summed E-state index contributed by atoms with van der Waals surface area (Å²) in [6, 6.07) is 3.44. The summed E-state index contributed by atoms with van der Waals surface area (Å²) in [4.78, 5) is 10.6. The largest absolute Gasteiger partial charge is 0.494 e. The van der Waals surface area contributed by atoms with E-state index in [1.165, 1.54) is 19.2 Å². The van der Waals surface area contributed by atoms with E-state index >= 15 is 0 Å². The molecule has 0 atom stereocenters. The van der Waals surface area contributed by atoms with Crippen LogP contribution in [0, 0.1) is 11.6 Å². The van der Waals surface area contributed by atoms with Crippen molar-refractivity contribution in [3.63, 3.8) is 0 Å². The number of hydrogen-bond acceptors (Lipinski definition) is 4. The fraction of sp³-hybridized carbons (Fsp3) is 0.0909. The fourth-order valence-corrected chi connectivity index (χ4v) is 1.39. The van der Waals surface area contributed by atoms with Gasteiger partial charge in [-0.2, -0.15) is 4.39 Å². The number of benzene rings is 1. The van der Waals surface area contributed by atoms with Crippen LogP contribution in [0.5, 0.6) is 5.75 Å². The highest BCUT2D eigenvalue weighted by atomic mass is 19.2. The molecule has 1 heterocycles. The number of rotatable bonds is 3. The maximum atomic E-state index is 13.7. The zero-order valence-electron chi connectivity index (χ0n) is 9.11. The van der Waals surface area contributed by atoms with E-state index in [2.05, 4.69) is 14.4 Å². The number of carboxylic acids is 1. The van der Waals surface area contributed by atoms with Gasteiger partial charge in [0.25, 0.3) is 0 Å². The number of carboxylic acid groups (broad SMARTS) is 1. The lowest BCUT2D eigenvalue weighted by Gasteiger charge is -2.04. The van der Waals surface area contributed by atoms with Crippen molar-refractivity contribution in [1.82, 2.24) is 5.16 Å². The van der Waals surface area contributed by atoms with Gasteiger partial charge in [-0.05, 0) is 12.1 Å². The molecule has 0 aliphatic heterocycles. The van der Waals surface area contributed by atoms with Gasteiger partial charge >= 0.3 is 5.97 Å². The van der Waals surface area contributed by atoms with Gasteiger partial charge in [-0.25, -0.2) is 9.18 Å². The second-order valence-electron chi connectivity index (χ2n) is 3.32. The lowest BCUT2D eigenvalue weighted by atomic mass is 10.1. The van der Waals surface area contributed by atoms with E-state index in [9.17, 15) is 13.6 Å². The number of ether oxygens (including phenoxy) is 1. The molecule has 1 aromatic heterocycles. The van der Waals surface area contributed by atoms with Crippen molar-refractivity contribution in [3.05, 3.63) is 35.6 Å². The van der Waals surface area contributed by atoms with Gasteiger partial charge in [0.1, 0.15) is 5.69 Å². The molecule has 1 aromatic carbocycles. The molecule has 0 saturated heterocycles. The summed E-state index contributed by atoms with van der Waals surface area (Å²) in [5, 5.41) is 12.0. The third kappa shape index (κ3) is 1.90. The first kappa shape index (κ1) is 12.0. The van der Waals surface area contributed by atoms with E-state index in [1.54, 1.807) is 0 Å². The van der Waals surface area contributed by atoms with Crippen LogP contribution in [-0.2, 0) is 0 Å². The molecule has 0 amide bonds. The van der Waals surface area contributed by atoms with E-state index in [4.69, 9.17) is 5.11 Å². The third-order valence-corrected chi connectivity index (χ3v) is 2.26. The Bertz CT molecular complexity index is 609. The molecular weight excluding hydrogens is 248 g/mol. The smallest absolute Gasteiger partial charge is 0.374 e. The molecule has 7 heteroatoms. The maximum Gasteiger partial charge on any atom is 0.374 e. The zero-order chi connectivity index (χ0) is 13.3. The SMILES string of the molecule is COc1ccc(-c2cc(C(=O)O)on2)c(F)c1F. The molecule has 5 nitrogen and oxygen atoms in total. The van der Waals surface area contributed by atoms with Gasteiger partial charge in [0, 0.05) is 11.6 Å². The molecule has 0 fully saturated rings. The number of nitrogens with zero attached hydrogens (tertiary/aromatic N) is 1. The highest BCUT2D eigenvalue weighted by molar-refractivity contribution is 5.85. The highest BCUT2D eigenvalue weighted by Gasteiger charge is 2.19. The Kier molecular flexibility index (Phi) is 2.97. The Balaban J connectivity index is 2.50. The summed E-state index contributed by atoms with van der Waals surface area (Å²) in [6.07, 6.45) is 0. The second-order valence-corrected chi connectivity index (χ2v) is 3.32. The molecule has 2 rings (SSSR count). The van der Waals surface area contributed by atoms with Gasteiger partial charge in [-0.3, -0.25) is 0 Å². The summed E-state index contributed by atoms with van der Waals surface area (Å²) in [5.41, 5.74) is -0.309. The van der Waals surface area contributed by atoms with Crippen LogP contribution < -0.4 is 4.74 Å². The van der Waals surface area contributed by atoms with Crippen LogP contribution in [0.1, 0.15) is 10.6 Å². The molecule has 0 spiro atoms. The average Bonchev–Trinajstić information content (AvgIpc) is 2.82. The molecule has 0 bridgehead atoms. The quantitative estimate of drug-likeness (QED) is 0.911. The average molecular weight is 255 g/mol. The normalized spacial score (nSPS) is 10.4. The molecular formula is C11H7F2NO4. The molecule has 1 N–H and O–H groups in total. The predicted molar refractivity (Wildman–Crippen MR) is 55.4 cm³/mol. The van der Waals surface area contributed by atoms with Crippen molar-refractivity contribution in [3.8, 4) is 17.0 Å². The molecule has 94 valence electrons. The van der Waals surface area contributed by atoms with E-state index < -0.39 is 23.4 Å². The number of hydrogen-bond donors (Lipinski definition) is 1. The molecule has 0 aliphatic carbocycles. The Hall–Kier alpha value is -2.44. The molecule has 18 heavy (non-hydrogen) atoms. The second kappa shape index (κ2) is 4.44. The minimum Gasteiger partial charge on any atom is -0.494 e. The predicted octanol–water partition coefficient (Wildman–Crippen LogP) is 2.33. The van der Waals surface area contributed by atoms with Crippen LogP contribution in [0.15, 0.2) is 22.7 Å². The topological polar surface area (TPSA) is 72.6 Å². The fourth-order valence-electron chi connectivity index (χ4n) is 1.39. The van der Waals surface area contributed by atoms with Crippen LogP contribution in [0.25, 0.3) is 11.3 Å². The Morgan fingerprint density at radius 1 is 1.39 bits per heavy atom. The number of halogens is 2. The monoisotopic (exact) mass is 255 g/mol. The van der Waals surface area contributed by atoms with Gasteiger partial charge < -0.3 is 14.4 Å². The Morgan fingerprint density at radius 3 is 2.67 bits per heavy atom. The number of methoxy groups -OCH3 is 1. The lowest BCUT2D eigenvalue weighted by molar-refractivity contribution is 0.0652. The van der Waals surface area contributed by atoms with Gasteiger partial charge in [0.05, 0.1) is 7.11 Å². The van der Waals surface area contributed by atoms with Gasteiger partial charge in [-0.1, -0.05) is 5.16 Å². The van der Waals surface area contributed by atoms with Crippen molar-refractivity contribution < 1.29 is 27.9 Å². The van der Waals surface area contributed by atoms with Gasteiger partial charge in [0.2, 0.25) is 11.6 Å². The standard InChI is InChI=1S/C11H7F2NO4/c1-17-7-3-2-5(9(12)10(7)13)6-4-8(11(15)16)18-14-6/h2-4H,1H3,(H,15,16). The van der Waals surface area contributed by atoms with Crippen molar-refractivity contribution >= 4 is 5.97 Å². The summed E-state index contributed by atoms with van der Waals surface area (Å²) >= 11 is 0. The van der Waals surface area contributed by atoms with Crippen LogP contribution in [0.4, 0.5) is 8.78 Å². The van der Waals surface area contributed by atoms with Crippen LogP contribution in [0.3, 0.4) is 0 Å². The molecule has 0 radical (unpaired) electrons. The highest BCUT2D eigenvalue weighted by Crippen LogP contribution is 2.29. The zero-order valence-corrected chi connectivity index (χ0v) is 9.11. The molecule has 0 unspecified atom stereocenters. The van der Waals surface area contributed by atoms with E-state index in [0.717, 1.165) is 6.07 Å². The van der Waals surface area contributed by atoms with Crippen molar-refractivity contribution in [2.45, 2.75) is 0 Å². The Morgan fingerprint density at radius 2 is 2.11 bits per heavy atom. The minimum atomic E-state index is -1.34. The summed E-state index contributed by atoms with van der Waals surface area (Å²) in [7, 11) is 1.20. The molecule has 0 saturated carbocycles. The Labute approximate surface area is 99.6 Å². The van der Waals surface area contributed by atoms with Crippen LogP contribution in [0.2, 0.25) is 0 Å². The van der Waals surface area contributed by atoms with E-state index in [-0.39, 0.29) is 17.0 Å². The first-order valence-corrected chi connectivity index (χ1v) is 4.77. The van der Waals surface area contributed by atoms with Gasteiger partial charge in [0.15, 0.2) is 11.6 Å². The minimum absolute atomic E-state index is 0.105. The van der Waals surface area contributed by atoms with E-state index in [1.807, 2.05) is 0 Å². The number of carbonyl (C=O) groups is 1. The first-order chi connectivity index (χ1) is 8.54. The third-order valence-electron chi connectivity index (χ3n) is 2.26. The number of aromatic carboxylic acids is 1. The molecule has 0 aliphatic rings. The first-order valence-electron chi connectivity index (χ1n) is 4.77. The molecule has 2 aromatic rings. The summed E-state index contributed by atoms with van der Waals surface area (Å²) in [6.45, 7) is 0. The lowest BCUT2D eigenvalue weighted by Crippen LogP contribution is -1.95. The van der Waals surface area contributed by atoms with E-state index in [0.29, 0.717) is 0 Å². The summed E-state index contributed by atoms with van der Waals surface area (Å²) in [5.74, 6) is -4.41. The van der Waals surface area contributed by atoms with Crippen molar-refractivity contribution in [2.24, 2.45) is 0 Å². The van der Waals surface area contributed by atoms with Crippen LogP contribution >= 0.6 is 0 Å². The van der Waals surface area contributed by atoms with Gasteiger partial charge in [-0.15, -0.1) is 0 Å². The van der Waals surface area contributed by atoms with Crippen molar-refractivity contribution in [2.75, 3.05) is 7.11 Å². The van der Waals surface area contributed by atoms with Crippen LogP contribution in [-0.4, -0.2) is 23.3 Å². The number of aromatic nitrogens is 1. The summed E-state index contributed by atoms with van der Waals surface area (Å²) < 4.78 is 36.2. The van der Waals surface area contributed by atoms with Crippen molar-refractivity contribution in [1.29, 1.82) is 0 Å². The maximum absolute atomic E-state index is 13.7.